The van der Waals surface area contributed by atoms with E-state index >= 15 is 0 Å². The summed E-state index contributed by atoms with van der Waals surface area (Å²) in [6.07, 6.45) is 1.62. The van der Waals surface area contributed by atoms with E-state index in [1.54, 1.807) is 12.3 Å². The van der Waals surface area contributed by atoms with Crippen LogP contribution in [0.5, 0.6) is 0 Å². The summed E-state index contributed by atoms with van der Waals surface area (Å²) in [7, 11) is 0. The zero-order valence-corrected chi connectivity index (χ0v) is 16.6. The van der Waals surface area contributed by atoms with Crippen molar-refractivity contribution in [3.8, 4) is 0 Å². The number of hydrogen-bond acceptors (Lipinski definition) is 6. The molecular formula is C22H24N2O5. The maximum atomic E-state index is 12.8. The van der Waals surface area contributed by atoms with Crippen LogP contribution in [0.15, 0.2) is 50.2 Å². The van der Waals surface area contributed by atoms with Gasteiger partial charge in [-0.2, -0.15) is 0 Å². The van der Waals surface area contributed by atoms with Crippen molar-refractivity contribution < 1.29 is 18.4 Å². The Hall–Kier alpha value is -2.90. The Balaban J connectivity index is 1.56. The van der Waals surface area contributed by atoms with E-state index in [1.165, 1.54) is 6.07 Å². The van der Waals surface area contributed by atoms with Crippen LogP contribution in [0, 0.1) is 13.8 Å². The molecule has 0 radical (unpaired) electrons. The van der Waals surface area contributed by atoms with Gasteiger partial charge in [0.1, 0.15) is 11.3 Å². The molecule has 1 atom stereocenters. The lowest BCUT2D eigenvalue weighted by molar-refractivity contribution is 0.0117. The third kappa shape index (κ3) is 3.97. The van der Waals surface area contributed by atoms with E-state index in [4.69, 9.17) is 13.6 Å². The average Bonchev–Trinajstić information content (AvgIpc) is 3.26. The first-order valence-corrected chi connectivity index (χ1v) is 9.72. The van der Waals surface area contributed by atoms with Gasteiger partial charge < -0.3 is 18.9 Å². The lowest BCUT2D eigenvalue weighted by atomic mass is 10.1. The largest absolute Gasteiger partial charge is 0.468 e. The first kappa shape index (κ1) is 19.4. The number of carbonyl (C=O) groups excluding carboxylic acids is 1. The normalized spacial score (nSPS) is 16.1. The number of hydrogen-bond donors (Lipinski definition) is 1. The zero-order chi connectivity index (χ0) is 20.4. The van der Waals surface area contributed by atoms with Crippen LogP contribution in [0.25, 0.3) is 11.0 Å². The van der Waals surface area contributed by atoms with Crippen LogP contribution in [0.3, 0.4) is 0 Å². The molecule has 0 aliphatic carbocycles. The van der Waals surface area contributed by atoms with Gasteiger partial charge in [0.25, 0.3) is 5.91 Å². The fourth-order valence-corrected chi connectivity index (χ4v) is 3.62. The zero-order valence-electron chi connectivity index (χ0n) is 16.6. The number of ether oxygens (including phenoxy) is 1. The number of rotatable bonds is 5. The SMILES string of the molecule is Cc1ccc2c(=O)cc(C(=O)NC[C@H](c3ccco3)N3CCOCC3)oc2c1C. The highest BCUT2D eigenvalue weighted by Crippen LogP contribution is 2.23. The van der Waals surface area contributed by atoms with Crippen LogP contribution in [0.1, 0.15) is 33.5 Å². The van der Waals surface area contributed by atoms with Crippen molar-refractivity contribution in [1.82, 2.24) is 10.2 Å². The lowest BCUT2D eigenvalue weighted by Crippen LogP contribution is -2.43. The summed E-state index contributed by atoms with van der Waals surface area (Å²) >= 11 is 0. The van der Waals surface area contributed by atoms with Crippen LogP contribution in [-0.2, 0) is 4.74 Å². The number of benzene rings is 1. The third-order valence-corrected chi connectivity index (χ3v) is 5.45. The number of aryl methyl sites for hydroxylation is 2. The van der Waals surface area contributed by atoms with E-state index in [-0.39, 0.29) is 17.2 Å². The lowest BCUT2D eigenvalue weighted by Gasteiger charge is -2.33. The number of amides is 1. The van der Waals surface area contributed by atoms with E-state index in [2.05, 4.69) is 10.2 Å². The number of nitrogens with zero attached hydrogens (tertiary/aromatic N) is 1. The standard InChI is InChI=1S/C22H24N2O5/c1-14-5-6-16-18(25)12-20(29-21(16)15(14)2)22(26)23-13-17(19-4-3-9-28-19)24-7-10-27-11-8-24/h3-6,9,12,17H,7-8,10-11,13H2,1-2H3,(H,23,26)/t17-/m1/s1. The molecular weight excluding hydrogens is 372 g/mol. The molecule has 1 aliphatic heterocycles. The molecule has 7 nitrogen and oxygen atoms in total. The van der Waals surface area contributed by atoms with Gasteiger partial charge in [-0.05, 0) is 43.2 Å². The highest BCUT2D eigenvalue weighted by molar-refractivity contribution is 5.93. The van der Waals surface area contributed by atoms with Crippen molar-refractivity contribution >= 4 is 16.9 Å². The molecule has 1 amide bonds. The third-order valence-electron chi connectivity index (χ3n) is 5.45. The van der Waals surface area contributed by atoms with Gasteiger partial charge in [0, 0.05) is 25.7 Å². The molecule has 3 heterocycles. The molecule has 29 heavy (non-hydrogen) atoms. The fourth-order valence-electron chi connectivity index (χ4n) is 3.62. The van der Waals surface area contributed by atoms with Gasteiger partial charge in [0.15, 0.2) is 11.2 Å². The first-order valence-electron chi connectivity index (χ1n) is 9.72. The summed E-state index contributed by atoms with van der Waals surface area (Å²) in [5.41, 5.74) is 2.09. The van der Waals surface area contributed by atoms with Crippen LogP contribution in [0.2, 0.25) is 0 Å². The second-order valence-corrected chi connectivity index (χ2v) is 7.25. The molecule has 0 unspecified atom stereocenters. The van der Waals surface area contributed by atoms with Crippen molar-refractivity contribution in [2.45, 2.75) is 19.9 Å². The van der Waals surface area contributed by atoms with Crippen molar-refractivity contribution in [3.63, 3.8) is 0 Å². The highest BCUT2D eigenvalue weighted by Gasteiger charge is 2.26. The molecule has 1 aliphatic rings. The van der Waals surface area contributed by atoms with E-state index < -0.39 is 5.91 Å². The molecule has 1 saturated heterocycles. The number of carbonyl (C=O) groups is 1. The number of morpholine rings is 1. The number of furan rings is 1. The van der Waals surface area contributed by atoms with E-state index in [0.29, 0.717) is 30.7 Å². The van der Waals surface area contributed by atoms with Gasteiger partial charge in [-0.25, -0.2) is 0 Å². The Kier molecular flexibility index (Phi) is 5.51. The van der Waals surface area contributed by atoms with E-state index in [0.717, 1.165) is 30.0 Å². The molecule has 1 fully saturated rings. The second-order valence-electron chi connectivity index (χ2n) is 7.25. The molecule has 1 aromatic carbocycles. The van der Waals surface area contributed by atoms with E-state index in [1.807, 2.05) is 32.0 Å². The summed E-state index contributed by atoms with van der Waals surface area (Å²) in [5, 5.41) is 3.37. The van der Waals surface area contributed by atoms with Crippen molar-refractivity contribution in [1.29, 1.82) is 0 Å². The summed E-state index contributed by atoms with van der Waals surface area (Å²) in [6, 6.07) is 8.48. The maximum absolute atomic E-state index is 12.8. The summed E-state index contributed by atoms with van der Waals surface area (Å²) in [6.45, 7) is 6.95. The molecule has 3 aromatic rings. The van der Waals surface area contributed by atoms with Crippen molar-refractivity contribution in [2.24, 2.45) is 0 Å². The Bertz CT molecular complexity index is 1060. The minimum Gasteiger partial charge on any atom is -0.468 e. The summed E-state index contributed by atoms with van der Waals surface area (Å²) < 4.78 is 16.8. The van der Waals surface area contributed by atoms with Crippen LogP contribution < -0.4 is 10.7 Å². The topological polar surface area (TPSA) is 84.9 Å². The van der Waals surface area contributed by atoms with Crippen LogP contribution >= 0.6 is 0 Å². The predicted octanol–water partition coefficient (Wildman–Crippen LogP) is 2.81. The van der Waals surface area contributed by atoms with Gasteiger partial charge >= 0.3 is 0 Å². The van der Waals surface area contributed by atoms with Crippen LogP contribution in [-0.4, -0.2) is 43.7 Å². The molecule has 0 saturated carbocycles. The molecule has 0 spiro atoms. The number of fused-ring (bicyclic) bond motifs is 1. The molecule has 0 bridgehead atoms. The van der Waals surface area contributed by atoms with Gasteiger partial charge in [0.2, 0.25) is 0 Å². The van der Waals surface area contributed by atoms with Gasteiger partial charge in [-0.3, -0.25) is 14.5 Å². The monoisotopic (exact) mass is 396 g/mol. The summed E-state index contributed by atoms with van der Waals surface area (Å²) in [4.78, 5) is 27.5. The van der Waals surface area contributed by atoms with Gasteiger partial charge in [-0.15, -0.1) is 0 Å². The maximum Gasteiger partial charge on any atom is 0.287 e. The summed E-state index contributed by atoms with van der Waals surface area (Å²) in [5.74, 6) is 0.365. The average molecular weight is 396 g/mol. The molecule has 2 aromatic heterocycles. The molecule has 1 N–H and O–H groups in total. The smallest absolute Gasteiger partial charge is 0.287 e. The number of nitrogens with one attached hydrogen (secondary N) is 1. The van der Waals surface area contributed by atoms with Crippen molar-refractivity contribution in [2.75, 3.05) is 32.8 Å². The predicted molar refractivity (Wildman–Crippen MR) is 108 cm³/mol. The molecule has 7 heteroatoms. The Morgan fingerprint density at radius 2 is 2.00 bits per heavy atom. The second kappa shape index (κ2) is 8.23. The Morgan fingerprint density at radius 1 is 1.21 bits per heavy atom. The minimum absolute atomic E-state index is 0.0105. The Morgan fingerprint density at radius 3 is 2.72 bits per heavy atom. The minimum atomic E-state index is -0.422. The quantitative estimate of drug-likeness (QED) is 0.714. The van der Waals surface area contributed by atoms with Gasteiger partial charge in [-0.1, -0.05) is 6.07 Å². The first-order chi connectivity index (χ1) is 14.0. The van der Waals surface area contributed by atoms with E-state index in [9.17, 15) is 9.59 Å². The highest BCUT2D eigenvalue weighted by atomic mass is 16.5. The van der Waals surface area contributed by atoms with Crippen LogP contribution in [0.4, 0.5) is 0 Å². The molecule has 152 valence electrons. The molecule has 4 rings (SSSR count). The Labute approximate surface area is 168 Å². The fraction of sp³-hybridized carbons (Fsp3) is 0.364. The van der Waals surface area contributed by atoms with Gasteiger partial charge in [0.05, 0.1) is 30.9 Å². The van der Waals surface area contributed by atoms with Crippen molar-refractivity contribution in [3.05, 3.63) is 69.5 Å².